The molecule has 1 N–H and O–H groups in total. The highest BCUT2D eigenvalue weighted by Gasteiger charge is 2.29. The SMILES string of the molecule is O=[N+]([O-])c1ccc(-c2ccc(C=NNc3ccc(S(=O)(=O)N4CCCC4)cc3[N+](=O)[O-])o2)cc1. The molecule has 176 valence electrons. The van der Waals surface area contributed by atoms with Crippen LogP contribution in [0, 0.1) is 20.2 Å². The first kappa shape index (κ1) is 23.1. The molecule has 2 aromatic carbocycles. The summed E-state index contributed by atoms with van der Waals surface area (Å²) in [6, 6.07) is 12.7. The van der Waals surface area contributed by atoms with Gasteiger partial charge in [-0.2, -0.15) is 9.41 Å². The number of nitro benzene ring substituents is 2. The van der Waals surface area contributed by atoms with Gasteiger partial charge in [-0.05, 0) is 49.2 Å². The van der Waals surface area contributed by atoms with Gasteiger partial charge in [-0.3, -0.25) is 25.7 Å². The second kappa shape index (κ2) is 9.41. The average Bonchev–Trinajstić information content (AvgIpc) is 3.52. The molecule has 0 spiro atoms. The fourth-order valence-corrected chi connectivity index (χ4v) is 5.02. The van der Waals surface area contributed by atoms with E-state index in [2.05, 4.69) is 10.5 Å². The lowest BCUT2D eigenvalue weighted by Crippen LogP contribution is -2.27. The number of sulfonamides is 1. The molecule has 34 heavy (non-hydrogen) atoms. The van der Waals surface area contributed by atoms with Gasteiger partial charge in [0.05, 0.1) is 21.0 Å². The van der Waals surface area contributed by atoms with Crippen LogP contribution in [0.25, 0.3) is 11.3 Å². The van der Waals surface area contributed by atoms with Gasteiger partial charge in [-0.1, -0.05) is 0 Å². The van der Waals surface area contributed by atoms with Crippen LogP contribution in [0.5, 0.6) is 0 Å². The fraction of sp³-hybridized carbons (Fsp3) is 0.190. The number of hydrogen-bond acceptors (Lipinski definition) is 9. The molecular weight excluding hydrogens is 466 g/mol. The first-order valence-corrected chi connectivity index (χ1v) is 11.6. The average molecular weight is 485 g/mol. The van der Waals surface area contributed by atoms with Crippen molar-refractivity contribution in [2.24, 2.45) is 5.10 Å². The Kier molecular flexibility index (Phi) is 6.38. The topological polar surface area (TPSA) is 161 Å². The summed E-state index contributed by atoms with van der Waals surface area (Å²) >= 11 is 0. The van der Waals surface area contributed by atoms with Crippen molar-refractivity contribution in [3.8, 4) is 11.3 Å². The van der Waals surface area contributed by atoms with Gasteiger partial charge in [-0.15, -0.1) is 0 Å². The van der Waals surface area contributed by atoms with Crippen LogP contribution in [-0.4, -0.2) is 41.9 Å². The van der Waals surface area contributed by atoms with Gasteiger partial charge < -0.3 is 4.42 Å². The van der Waals surface area contributed by atoms with E-state index in [1.165, 1.54) is 34.8 Å². The second-order valence-corrected chi connectivity index (χ2v) is 9.36. The zero-order valence-electron chi connectivity index (χ0n) is 17.7. The summed E-state index contributed by atoms with van der Waals surface area (Å²) in [5.74, 6) is 0.788. The number of anilines is 1. The van der Waals surface area contributed by atoms with Crippen molar-refractivity contribution < 1.29 is 22.7 Å². The summed E-state index contributed by atoms with van der Waals surface area (Å²) in [4.78, 5) is 21.0. The minimum absolute atomic E-state index is 0.0174. The van der Waals surface area contributed by atoms with E-state index in [0.29, 0.717) is 30.2 Å². The number of nitrogens with zero attached hydrogens (tertiary/aromatic N) is 4. The summed E-state index contributed by atoms with van der Waals surface area (Å²) in [6.07, 6.45) is 2.82. The van der Waals surface area contributed by atoms with Crippen molar-refractivity contribution in [1.82, 2.24) is 4.31 Å². The summed E-state index contributed by atoms with van der Waals surface area (Å²) in [6.45, 7) is 0.789. The van der Waals surface area contributed by atoms with Crippen LogP contribution in [0.1, 0.15) is 18.6 Å². The molecule has 1 fully saturated rings. The Morgan fingerprint density at radius 1 is 0.971 bits per heavy atom. The predicted octanol–water partition coefficient (Wildman–Crippen LogP) is 3.99. The number of benzene rings is 2. The lowest BCUT2D eigenvalue weighted by atomic mass is 10.1. The van der Waals surface area contributed by atoms with Gasteiger partial charge >= 0.3 is 0 Å². The first-order valence-electron chi connectivity index (χ1n) is 10.2. The Hall–Kier alpha value is -4.10. The third kappa shape index (κ3) is 4.79. The zero-order chi connectivity index (χ0) is 24.3. The van der Waals surface area contributed by atoms with Crippen molar-refractivity contribution >= 4 is 33.3 Å². The molecular formula is C21H19N5O7S. The highest BCUT2D eigenvalue weighted by molar-refractivity contribution is 7.89. The first-order chi connectivity index (χ1) is 16.3. The zero-order valence-corrected chi connectivity index (χ0v) is 18.5. The van der Waals surface area contributed by atoms with Gasteiger partial charge in [0.25, 0.3) is 11.4 Å². The van der Waals surface area contributed by atoms with Gasteiger partial charge in [0.1, 0.15) is 17.2 Å². The second-order valence-electron chi connectivity index (χ2n) is 7.42. The van der Waals surface area contributed by atoms with E-state index in [-0.39, 0.29) is 16.3 Å². The molecule has 0 unspecified atom stereocenters. The Bertz CT molecular complexity index is 1360. The minimum Gasteiger partial charge on any atom is -0.455 e. The number of nitro groups is 2. The van der Waals surface area contributed by atoms with Gasteiger partial charge in [0, 0.05) is 36.9 Å². The summed E-state index contributed by atoms with van der Waals surface area (Å²) in [5, 5.41) is 26.2. The number of hydrazone groups is 1. The van der Waals surface area contributed by atoms with Crippen LogP contribution in [0.3, 0.4) is 0 Å². The van der Waals surface area contributed by atoms with E-state index >= 15 is 0 Å². The third-order valence-corrected chi connectivity index (χ3v) is 7.13. The van der Waals surface area contributed by atoms with Crippen LogP contribution in [0.2, 0.25) is 0 Å². The van der Waals surface area contributed by atoms with Gasteiger partial charge in [0.15, 0.2) is 0 Å². The molecule has 0 bridgehead atoms. The van der Waals surface area contributed by atoms with Crippen LogP contribution in [0.15, 0.2) is 69.0 Å². The van der Waals surface area contributed by atoms with Crippen LogP contribution >= 0.6 is 0 Å². The van der Waals surface area contributed by atoms with E-state index in [4.69, 9.17) is 4.42 Å². The summed E-state index contributed by atoms with van der Waals surface area (Å²) in [5.41, 5.74) is 2.72. The predicted molar refractivity (Wildman–Crippen MR) is 123 cm³/mol. The van der Waals surface area contributed by atoms with Crippen molar-refractivity contribution in [2.75, 3.05) is 18.5 Å². The van der Waals surface area contributed by atoms with E-state index in [9.17, 15) is 28.6 Å². The molecule has 0 aliphatic carbocycles. The molecule has 1 saturated heterocycles. The van der Waals surface area contributed by atoms with Crippen molar-refractivity contribution in [3.05, 3.63) is 80.6 Å². The summed E-state index contributed by atoms with van der Waals surface area (Å²) < 4.78 is 32.3. The van der Waals surface area contributed by atoms with E-state index in [1.54, 1.807) is 24.3 Å². The Morgan fingerprint density at radius 3 is 2.32 bits per heavy atom. The molecule has 0 radical (unpaired) electrons. The maximum Gasteiger partial charge on any atom is 0.295 e. The molecule has 1 aliphatic rings. The lowest BCUT2D eigenvalue weighted by Gasteiger charge is -2.15. The molecule has 3 aromatic rings. The van der Waals surface area contributed by atoms with E-state index < -0.39 is 25.6 Å². The smallest absolute Gasteiger partial charge is 0.295 e. The molecule has 2 heterocycles. The highest BCUT2D eigenvalue weighted by atomic mass is 32.2. The van der Waals surface area contributed by atoms with E-state index in [1.807, 2.05) is 0 Å². The molecule has 0 amide bonds. The normalized spacial score (nSPS) is 14.5. The minimum atomic E-state index is -3.80. The molecule has 12 nitrogen and oxygen atoms in total. The van der Waals surface area contributed by atoms with Crippen molar-refractivity contribution in [1.29, 1.82) is 0 Å². The number of hydrogen-bond donors (Lipinski definition) is 1. The van der Waals surface area contributed by atoms with Crippen LogP contribution in [0.4, 0.5) is 17.1 Å². The highest BCUT2D eigenvalue weighted by Crippen LogP contribution is 2.30. The quantitative estimate of drug-likeness (QED) is 0.284. The van der Waals surface area contributed by atoms with Gasteiger partial charge in [-0.25, -0.2) is 8.42 Å². The standard InChI is InChI=1S/C21H19N5O7S/c27-25(28)16-5-3-15(4-6-16)21-10-7-17(33-21)14-22-23-19-9-8-18(13-20(19)26(29)30)34(31,32)24-11-1-2-12-24/h3-10,13-14,23H,1-2,11-12H2. The Morgan fingerprint density at radius 2 is 1.68 bits per heavy atom. The van der Waals surface area contributed by atoms with Crippen LogP contribution < -0.4 is 5.43 Å². The van der Waals surface area contributed by atoms with Crippen LogP contribution in [-0.2, 0) is 10.0 Å². The number of nitrogens with one attached hydrogen (secondary N) is 1. The molecule has 1 aliphatic heterocycles. The van der Waals surface area contributed by atoms with Crippen molar-refractivity contribution in [2.45, 2.75) is 17.7 Å². The molecule has 0 atom stereocenters. The number of furan rings is 1. The molecule has 4 rings (SSSR count). The molecule has 13 heteroatoms. The maximum absolute atomic E-state index is 12.7. The molecule has 0 saturated carbocycles. The fourth-order valence-electron chi connectivity index (χ4n) is 3.49. The largest absolute Gasteiger partial charge is 0.455 e. The third-order valence-electron chi connectivity index (χ3n) is 5.23. The maximum atomic E-state index is 12.7. The summed E-state index contributed by atoms with van der Waals surface area (Å²) in [7, 11) is -3.80. The van der Waals surface area contributed by atoms with E-state index in [0.717, 1.165) is 18.9 Å². The monoisotopic (exact) mass is 485 g/mol. The lowest BCUT2D eigenvalue weighted by molar-refractivity contribution is -0.384. The Balaban J connectivity index is 1.49. The Labute approximate surface area is 193 Å². The van der Waals surface area contributed by atoms with Crippen molar-refractivity contribution in [3.63, 3.8) is 0 Å². The molecule has 1 aromatic heterocycles. The van der Waals surface area contributed by atoms with Gasteiger partial charge in [0.2, 0.25) is 10.0 Å². The number of rotatable bonds is 8. The number of non-ortho nitro benzene ring substituents is 1.